The average molecular weight is 356 g/mol. The summed E-state index contributed by atoms with van der Waals surface area (Å²) < 4.78 is 2.45. The summed E-state index contributed by atoms with van der Waals surface area (Å²) in [5.74, 6) is 0.921. The highest BCUT2D eigenvalue weighted by atomic mass is 32.1. The molecule has 1 N–H and O–H groups in total. The number of aromatic amines is 1. The number of hydrogen-bond donors (Lipinski definition) is 1. The van der Waals surface area contributed by atoms with Gasteiger partial charge in [-0.3, -0.25) is 14.5 Å². The quantitative estimate of drug-likeness (QED) is 0.726. The van der Waals surface area contributed by atoms with Gasteiger partial charge in [-0.05, 0) is 41.7 Å². The largest absolute Gasteiger partial charge is 0.312 e. The van der Waals surface area contributed by atoms with Gasteiger partial charge in [0, 0.05) is 25.2 Å². The SMILES string of the molecule is O=C(CCn1c(-c2cccs2)n[nH]c1=S)N1CCc2ccccc21. The van der Waals surface area contributed by atoms with Crippen LogP contribution in [-0.2, 0) is 17.8 Å². The molecule has 3 heterocycles. The summed E-state index contributed by atoms with van der Waals surface area (Å²) in [6.07, 6.45) is 1.33. The number of rotatable bonds is 4. The smallest absolute Gasteiger partial charge is 0.228 e. The van der Waals surface area contributed by atoms with Crippen molar-refractivity contribution >= 4 is 35.1 Å². The van der Waals surface area contributed by atoms with Crippen molar-refractivity contribution in [3.05, 3.63) is 52.1 Å². The third-order valence-electron chi connectivity index (χ3n) is 4.24. The zero-order chi connectivity index (χ0) is 16.5. The number of nitrogens with one attached hydrogen (secondary N) is 1. The second-order valence-corrected chi connectivity index (χ2v) is 6.99. The summed E-state index contributed by atoms with van der Waals surface area (Å²) in [7, 11) is 0. The Morgan fingerprint density at radius 2 is 2.17 bits per heavy atom. The Bertz CT molecular complexity index is 926. The highest BCUT2D eigenvalue weighted by molar-refractivity contribution is 7.71. The molecule has 0 radical (unpaired) electrons. The van der Waals surface area contributed by atoms with Crippen molar-refractivity contribution in [1.82, 2.24) is 14.8 Å². The van der Waals surface area contributed by atoms with Gasteiger partial charge in [0.1, 0.15) is 0 Å². The normalized spacial score (nSPS) is 13.2. The highest BCUT2D eigenvalue weighted by Crippen LogP contribution is 2.28. The number of benzene rings is 1. The molecule has 0 unspecified atom stereocenters. The molecule has 7 heteroatoms. The van der Waals surface area contributed by atoms with Crippen LogP contribution >= 0.6 is 23.6 Å². The van der Waals surface area contributed by atoms with Crippen LogP contribution in [0.1, 0.15) is 12.0 Å². The molecule has 122 valence electrons. The van der Waals surface area contributed by atoms with E-state index in [2.05, 4.69) is 16.3 Å². The summed E-state index contributed by atoms with van der Waals surface area (Å²) in [5.41, 5.74) is 2.28. The lowest BCUT2D eigenvalue weighted by atomic mass is 10.2. The van der Waals surface area contributed by atoms with Gasteiger partial charge < -0.3 is 4.90 Å². The lowest BCUT2D eigenvalue weighted by molar-refractivity contribution is -0.118. The van der Waals surface area contributed by atoms with E-state index < -0.39 is 0 Å². The fourth-order valence-corrected chi connectivity index (χ4v) is 4.00. The number of amides is 1. The maximum absolute atomic E-state index is 12.7. The van der Waals surface area contributed by atoms with Gasteiger partial charge in [-0.2, -0.15) is 5.10 Å². The number of hydrogen-bond acceptors (Lipinski definition) is 4. The molecule has 0 aliphatic carbocycles. The standard InChI is InChI=1S/C17H16N4OS2/c22-15(20-9-7-12-4-1-2-5-13(12)20)8-10-21-16(18-19-17(21)23)14-6-3-11-24-14/h1-6,11H,7-10H2,(H,19,23). The molecule has 4 rings (SSSR count). The third-order valence-corrected chi connectivity index (χ3v) is 5.41. The maximum Gasteiger partial charge on any atom is 0.228 e. The maximum atomic E-state index is 12.7. The zero-order valence-electron chi connectivity index (χ0n) is 12.9. The van der Waals surface area contributed by atoms with Crippen molar-refractivity contribution in [2.45, 2.75) is 19.4 Å². The van der Waals surface area contributed by atoms with Gasteiger partial charge in [0.05, 0.1) is 4.88 Å². The molecule has 1 aliphatic heterocycles. The van der Waals surface area contributed by atoms with Crippen LogP contribution in [0.4, 0.5) is 5.69 Å². The van der Waals surface area contributed by atoms with E-state index in [0.717, 1.165) is 29.4 Å². The predicted octanol–water partition coefficient (Wildman–Crippen LogP) is 3.65. The van der Waals surface area contributed by atoms with Crippen molar-refractivity contribution in [2.24, 2.45) is 0 Å². The number of nitrogens with zero attached hydrogens (tertiary/aromatic N) is 3. The first-order valence-electron chi connectivity index (χ1n) is 7.81. The molecule has 0 bridgehead atoms. The van der Waals surface area contributed by atoms with Gasteiger partial charge in [0.25, 0.3) is 0 Å². The second-order valence-electron chi connectivity index (χ2n) is 5.66. The van der Waals surface area contributed by atoms with Crippen LogP contribution < -0.4 is 4.90 Å². The van der Waals surface area contributed by atoms with E-state index in [1.54, 1.807) is 11.3 Å². The molecule has 3 aromatic rings. The molecular formula is C17H16N4OS2. The second kappa shape index (κ2) is 6.33. The van der Waals surface area contributed by atoms with E-state index >= 15 is 0 Å². The minimum absolute atomic E-state index is 0.125. The number of thiophene rings is 1. The van der Waals surface area contributed by atoms with Crippen LogP contribution in [-0.4, -0.2) is 27.2 Å². The number of fused-ring (bicyclic) bond motifs is 1. The van der Waals surface area contributed by atoms with Crippen LogP contribution in [0, 0.1) is 4.77 Å². The zero-order valence-corrected chi connectivity index (χ0v) is 14.6. The molecule has 1 amide bonds. The van der Waals surface area contributed by atoms with E-state index in [0.29, 0.717) is 17.7 Å². The molecular weight excluding hydrogens is 340 g/mol. The van der Waals surface area contributed by atoms with E-state index in [1.807, 2.05) is 45.2 Å². The lowest BCUT2D eigenvalue weighted by Gasteiger charge is -2.17. The molecule has 0 saturated heterocycles. The first kappa shape index (κ1) is 15.3. The Balaban J connectivity index is 1.51. The van der Waals surface area contributed by atoms with E-state index in [4.69, 9.17) is 12.2 Å². The van der Waals surface area contributed by atoms with Gasteiger partial charge in [0.2, 0.25) is 5.91 Å². The Kier molecular flexibility index (Phi) is 4.03. The fourth-order valence-electron chi connectivity index (χ4n) is 3.06. The fraction of sp³-hybridized carbons (Fsp3) is 0.235. The van der Waals surface area contributed by atoms with Crippen molar-refractivity contribution in [3.8, 4) is 10.7 Å². The van der Waals surface area contributed by atoms with Crippen LogP contribution in [0.5, 0.6) is 0 Å². The van der Waals surface area contributed by atoms with Gasteiger partial charge >= 0.3 is 0 Å². The Morgan fingerprint density at radius 3 is 3.00 bits per heavy atom. The first-order chi connectivity index (χ1) is 11.7. The van der Waals surface area contributed by atoms with E-state index in [1.165, 1.54) is 5.56 Å². The first-order valence-corrected chi connectivity index (χ1v) is 9.10. The van der Waals surface area contributed by atoms with Gasteiger partial charge in [0.15, 0.2) is 10.6 Å². The van der Waals surface area contributed by atoms with E-state index in [9.17, 15) is 4.79 Å². The summed E-state index contributed by atoms with van der Waals surface area (Å²) in [6.45, 7) is 1.28. The monoisotopic (exact) mass is 356 g/mol. The topological polar surface area (TPSA) is 53.9 Å². The summed E-state index contributed by atoms with van der Waals surface area (Å²) >= 11 is 6.93. The minimum atomic E-state index is 0.125. The van der Waals surface area contributed by atoms with Crippen LogP contribution in [0.3, 0.4) is 0 Å². The van der Waals surface area contributed by atoms with Crippen molar-refractivity contribution in [2.75, 3.05) is 11.4 Å². The molecule has 24 heavy (non-hydrogen) atoms. The molecule has 0 atom stereocenters. The summed E-state index contributed by atoms with van der Waals surface area (Å²) in [5, 5.41) is 9.14. The Labute approximate surface area is 148 Å². The summed E-state index contributed by atoms with van der Waals surface area (Å²) in [6, 6.07) is 12.1. The van der Waals surface area contributed by atoms with Crippen molar-refractivity contribution in [3.63, 3.8) is 0 Å². The number of carbonyl (C=O) groups excluding carboxylic acids is 1. The number of aromatic nitrogens is 3. The van der Waals surface area contributed by atoms with Gasteiger partial charge in [-0.15, -0.1) is 11.3 Å². The van der Waals surface area contributed by atoms with Gasteiger partial charge in [-0.1, -0.05) is 24.3 Å². The summed E-state index contributed by atoms with van der Waals surface area (Å²) in [4.78, 5) is 15.6. The van der Waals surface area contributed by atoms with Crippen molar-refractivity contribution < 1.29 is 4.79 Å². The molecule has 0 saturated carbocycles. The molecule has 0 fully saturated rings. The molecule has 0 spiro atoms. The number of anilines is 1. The number of H-pyrrole nitrogens is 1. The number of carbonyl (C=O) groups is 1. The minimum Gasteiger partial charge on any atom is -0.312 e. The Morgan fingerprint density at radius 1 is 1.29 bits per heavy atom. The van der Waals surface area contributed by atoms with Crippen LogP contribution in [0.15, 0.2) is 41.8 Å². The van der Waals surface area contributed by atoms with Crippen molar-refractivity contribution in [1.29, 1.82) is 0 Å². The molecule has 1 aliphatic rings. The highest BCUT2D eigenvalue weighted by Gasteiger charge is 2.24. The molecule has 5 nitrogen and oxygen atoms in total. The van der Waals surface area contributed by atoms with Gasteiger partial charge in [-0.25, -0.2) is 0 Å². The van der Waals surface area contributed by atoms with E-state index in [-0.39, 0.29) is 5.91 Å². The predicted molar refractivity (Wildman–Crippen MR) is 97.8 cm³/mol. The Hall–Kier alpha value is -2.25. The van der Waals surface area contributed by atoms with Crippen LogP contribution in [0.25, 0.3) is 10.7 Å². The lowest BCUT2D eigenvalue weighted by Crippen LogP contribution is -2.29. The molecule has 2 aromatic heterocycles. The molecule has 1 aromatic carbocycles. The average Bonchev–Trinajstić information content (AvgIpc) is 3.32. The third kappa shape index (κ3) is 2.70. The van der Waals surface area contributed by atoms with Crippen LogP contribution in [0.2, 0.25) is 0 Å². The number of para-hydroxylation sites is 1.